The summed E-state index contributed by atoms with van der Waals surface area (Å²) < 4.78 is 40.4. The van der Waals surface area contributed by atoms with Crippen LogP contribution in [0.5, 0.6) is 0 Å². The maximum atomic E-state index is 10.9. The Morgan fingerprint density at radius 2 is 1.44 bits per heavy atom. The van der Waals surface area contributed by atoms with Crippen molar-refractivity contribution in [1.82, 2.24) is 5.32 Å². The summed E-state index contributed by atoms with van der Waals surface area (Å²) >= 11 is 0. The molecule has 2 rings (SSSR count). The molecule has 2 atom stereocenters. The lowest BCUT2D eigenvalue weighted by Gasteiger charge is -2.02. The summed E-state index contributed by atoms with van der Waals surface area (Å²) in [7, 11) is -0.102. The van der Waals surface area contributed by atoms with Crippen molar-refractivity contribution in [2.24, 2.45) is 0 Å². The molecule has 16 heavy (non-hydrogen) atoms. The average Bonchev–Trinajstić information content (AvgIpc) is 3.07. The Morgan fingerprint density at radius 3 is 1.69 bits per heavy atom. The van der Waals surface area contributed by atoms with Crippen molar-refractivity contribution in [3.8, 4) is 0 Å². The fourth-order valence-corrected chi connectivity index (χ4v) is 1.39. The molecule has 2 fully saturated rings. The zero-order valence-corrected chi connectivity index (χ0v) is 10.2. The van der Waals surface area contributed by atoms with Crippen LogP contribution in [0, 0.1) is 0 Å². The van der Waals surface area contributed by atoms with Gasteiger partial charge in [0, 0.05) is 0 Å². The highest BCUT2D eigenvalue weighted by Crippen LogP contribution is 2.13. The minimum absolute atomic E-state index is 0.0356. The molecule has 0 radical (unpaired) electrons. The van der Waals surface area contributed by atoms with Gasteiger partial charge in [0.2, 0.25) is 0 Å². The van der Waals surface area contributed by atoms with Gasteiger partial charge in [-0.25, -0.2) is 8.37 Å². The van der Waals surface area contributed by atoms with Crippen LogP contribution >= 0.6 is 0 Å². The van der Waals surface area contributed by atoms with Crippen molar-refractivity contribution in [3.05, 3.63) is 0 Å². The fraction of sp³-hybridized carbons (Fsp3) is 1.00. The van der Waals surface area contributed by atoms with Gasteiger partial charge in [0.15, 0.2) is 0 Å². The van der Waals surface area contributed by atoms with E-state index >= 15 is 0 Å². The molecule has 0 spiro atoms. The first-order valence-corrected chi connectivity index (χ1v) is 6.26. The van der Waals surface area contributed by atoms with Crippen LogP contribution < -0.4 is 5.32 Å². The Hall–Kier alpha value is -0.250. The molecule has 2 unspecified atom stereocenters. The van der Waals surface area contributed by atoms with Crippen molar-refractivity contribution in [1.29, 1.82) is 0 Å². The lowest BCUT2D eigenvalue weighted by atomic mass is 10.5. The quantitative estimate of drug-likeness (QED) is 0.602. The van der Waals surface area contributed by atoms with Crippen molar-refractivity contribution >= 4 is 10.4 Å². The lowest BCUT2D eigenvalue weighted by Crippen LogP contribution is -2.16. The van der Waals surface area contributed by atoms with Crippen LogP contribution in [0.3, 0.4) is 0 Å². The third-order valence-corrected chi connectivity index (χ3v) is 2.45. The number of rotatable bonds is 6. The van der Waals surface area contributed by atoms with Gasteiger partial charge in [-0.05, 0) is 14.1 Å². The molecule has 96 valence electrons. The highest BCUT2D eigenvalue weighted by molar-refractivity contribution is 7.81. The van der Waals surface area contributed by atoms with E-state index in [1.165, 1.54) is 0 Å². The van der Waals surface area contributed by atoms with E-state index in [4.69, 9.17) is 9.47 Å². The molecule has 7 nitrogen and oxygen atoms in total. The third-order valence-electron chi connectivity index (χ3n) is 1.60. The number of ether oxygens (including phenoxy) is 2. The minimum atomic E-state index is -3.85. The van der Waals surface area contributed by atoms with Crippen LogP contribution in [0.25, 0.3) is 0 Å². The highest BCUT2D eigenvalue weighted by atomic mass is 32.3. The molecular weight excluding hydrogens is 238 g/mol. The lowest BCUT2D eigenvalue weighted by molar-refractivity contribution is 0.186. The largest absolute Gasteiger partial charge is 0.400 e. The molecule has 2 aliphatic heterocycles. The Bertz CT molecular complexity index is 263. The second-order valence-corrected chi connectivity index (χ2v) is 4.68. The summed E-state index contributed by atoms with van der Waals surface area (Å²) in [5.74, 6) is 0. The van der Waals surface area contributed by atoms with Gasteiger partial charge in [0.05, 0.1) is 26.4 Å². The van der Waals surface area contributed by atoms with Gasteiger partial charge in [0.25, 0.3) is 0 Å². The van der Waals surface area contributed by atoms with Crippen LogP contribution in [0.1, 0.15) is 0 Å². The van der Waals surface area contributed by atoms with Gasteiger partial charge in [-0.2, -0.15) is 8.42 Å². The smallest absolute Gasteiger partial charge is 0.371 e. The van der Waals surface area contributed by atoms with E-state index in [0.29, 0.717) is 13.2 Å². The standard InChI is InChI=1S/C6H10O6S.C2H7N/c7-13(8,11-3-5-1-9-5)12-4-6-2-10-6;1-3-2/h5-6H,1-4H2;3H,1-2H3. The van der Waals surface area contributed by atoms with Crippen LogP contribution in [-0.4, -0.2) is 61.1 Å². The normalized spacial score (nSPS) is 26.9. The molecular formula is C8H17NO6S. The number of epoxide rings is 2. The summed E-state index contributed by atoms with van der Waals surface area (Å²) in [5.41, 5.74) is 0. The minimum Gasteiger partial charge on any atom is -0.371 e. The zero-order chi connectivity index (χ0) is 12.0. The summed E-state index contributed by atoms with van der Waals surface area (Å²) in [6, 6.07) is 0. The second-order valence-electron chi connectivity index (χ2n) is 3.39. The third kappa shape index (κ3) is 7.09. The van der Waals surface area contributed by atoms with E-state index < -0.39 is 10.4 Å². The van der Waals surface area contributed by atoms with Crippen molar-refractivity contribution in [3.63, 3.8) is 0 Å². The predicted molar refractivity (Wildman–Crippen MR) is 55.3 cm³/mol. The van der Waals surface area contributed by atoms with Crippen LogP contribution in [-0.2, 0) is 28.2 Å². The average molecular weight is 255 g/mol. The Labute approximate surface area is 95.3 Å². The summed E-state index contributed by atoms with van der Waals surface area (Å²) in [5, 5.41) is 2.75. The van der Waals surface area contributed by atoms with Crippen LogP contribution in [0.2, 0.25) is 0 Å². The van der Waals surface area contributed by atoms with Gasteiger partial charge in [0.1, 0.15) is 12.2 Å². The predicted octanol–water partition coefficient (Wildman–Crippen LogP) is -1.10. The van der Waals surface area contributed by atoms with Crippen molar-refractivity contribution in [2.45, 2.75) is 12.2 Å². The maximum absolute atomic E-state index is 10.9. The van der Waals surface area contributed by atoms with E-state index in [-0.39, 0.29) is 25.4 Å². The van der Waals surface area contributed by atoms with Crippen LogP contribution in [0.4, 0.5) is 0 Å². The molecule has 0 aliphatic carbocycles. The molecule has 2 heterocycles. The summed E-state index contributed by atoms with van der Waals surface area (Å²) in [4.78, 5) is 0. The molecule has 0 bridgehead atoms. The SMILES string of the molecule is CNC.O=S(=O)(OCC1CO1)OCC1CO1. The number of hydrogen-bond acceptors (Lipinski definition) is 7. The molecule has 2 aliphatic rings. The van der Waals surface area contributed by atoms with Gasteiger partial charge in [-0.1, -0.05) is 0 Å². The van der Waals surface area contributed by atoms with Crippen molar-refractivity contribution in [2.75, 3.05) is 40.5 Å². The molecule has 0 amide bonds. The first kappa shape index (κ1) is 13.8. The molecule has 0 aromatic heterocycles. The Balaban J connectivity index is 0.000000386. The van der Waals surface area contributed by atoms with E-state index in [9.17, 15) is 8.42 Å². The Kier molecular flexibility index (Phi) is 5.59. The maximum Gasteiger partial charge on any atom is 0.400 e. The van der Waals surface area contributed by atoms with Crippen molar-refractivity contribution < 1.29 is 26.3 Å². The van der Waals surface area contributed by atoms with Gasteiger partial charge >= 0.3 is 10.4 Å². The molecule has 1 N–H and O–H groups in total. The summed E-state index contributed by atoms with van der Waals surface area (Å²) in [6.07, 6.45) is -0.175. The molecule has 8 heteroatoms. The van der Waals surface area contributed by atoms with E-state index in [1.54, 1.807) is 0 Å². The topological polar surface area (TPSA) is 89.7 Å². The molecule has 2 saturated heterocycles. The molecule has 0 aromatic carbocycles. The van der Waals surface area contributed by atoms with Crippen LogP contribution in [0.15, 0.2) is 0 Å². The zero-order valence-electron chi connectivity index (χ0n) is 9.34. The second kappa shape index (κ2) is 6.48. The first-order chi connectivity index (χ1) is 7.57. The highest BCUT2D eigenvalue weighted by Gasteiger charge is 2.29. The monoisotopic (exact) mass is 255 g/mol. The number of nitrogens with one attached hydrogen (secondary N) is 1. The fourth-order valence-electron chi connectivity index (χ4n) is 0.681. The van der Waals surface area contributed by atoms with Gasteiger partial charge in [-0.15, -0.1) is 0 Å². The van der Waals surface area contributed by atoms with Gasteiger partial charge < -0.3 is 14.8 Å². The van der Waals surface area contributed by atoms with E-state index in [0.717, 1.165) is 0 Å². The molecule has 0 saturated carbocycles. The van der Waals surface area contributed by atoms with E-state index in [1.807, 2.05) is 14.1 Å². The first-order valence-electron chi connectivity index (χ1n) is 4.93. The van der Waals surface area contributed by atoms with E-state index in [2.05, 4.69) is 13.7 Å². The molecule has 0 aromatic rings. The summed E-state index contributed by atoms with van der Waals surface area (Å²) in [6.45, 7) is 1.18. The number of hydrogen-bond donors (Lipinski definition) is 1. The van der Waals surface area contributed by atoms with Gasteiger partial charge in [-0.3, -0.25) is 0 Å². The Morgan fingerprint density at radius 1 is 1.12 bits per heavy atom.